The third-order valence-electron chi connectivity index (χ3n) is 5.85. The molecule has 32 heavy (non-hydrogen) atoms. The van der Waals surface area contributed by atoms with Crippen molar-refractivity contribution in [3.8, 4) is 0 Å². The topological polar surface area (TPSA) is 124 Å². The van der Waals surface area contributed by atoms with Crippen LogP contribution in [0, 0.1) is 0 Å². The van der Waals surface area contributed by atoms with Crippen molar-refractivity contribution in [1.29, 1.82) is 0 Å². The van der Waals surface area contributed by atoms with Crippen molar-refractivity contribution in [3.63, 3.8) is 0 Å². The molecule has 2 aliphatic heterocycles. The average Bonchev–Trinajstić information content (AvgIpc) is 3.56. The molecule has 6 rings (SSSR count). The van der Waals surface area contributed by atoms with Gasteiger partial charge in [-0.05, 0) is 25.0 Å². The maximum absolute atomic E-state index is 11.3. The Hall–Kier alpha value is -3.57. The Bertz CT molecular complexity index is 1300. The number of nitrogens with one attached hydrogen (secondary N) is 1. The van der Waals surface area contributed by atoms with E-state index in [1.807, 2.05) is 4.90 Å². The summed E-state index contributed by atoms with van der Waals surface area (Å²) in [5.41, 5.74) is 1.91. The second-order valence-corrected chi connectivity index (χ2v) is 8.08. The molecule has 0 aromatic carbocycles. The van der Waals surface area contributed by atoms with E-state index in [4.69, 9.17) is 16.7 Å². The largest absolute Gasteiger partial charge is 0.368 e. The number of H-pyrrole nitrogens is 1. The third kappa shape index (κ3) is 3.00. The van der Waals surface area contributed by atoms with E-state index in [0.29, 0.717) is 28.0 Å². The summed E-state index contributed by atoms with van der Waals surface area (Å²) in [6.45, 7) is 1.08. The van der Waals surface area contributed by atoms with Gasteiger partial charge < -0.3 is 19.9 Å². The zero-order valence-electron chi connectivity index (χ0n) is 16.9. The number of nitrogens with zero attached hydrogens (tertiary/aromatic N) is 9. The van der Waals surface area contributed by atoms with E-state index in [0.717, 1.165) is 30.7 Å². The van der Waals surface area contributed by atoms with Gasteiger partial charge in [0.25, 0.3) is 0 Å². The fraction of sp³-hybridized carbons (Fsp3) is 0.300. The molecule has 4 aromatic rings. The number of aromatic nitrogens is 7. The molecule has 1 fully saturated rings. The average molecular weight is 451 g/mol. The molecule has 1 saturated heterocycles. The Morgan fingerprint density at radius 3 is 2.91 bits per heavy atom. The second kappa shape index (κ2) is 7.53. The molecule has 11 nitrogen and oxygen atoms in total. The zero-order valence-corrected chi connectivity index (χ0v) is 17.6. The van der Waals surface area contributed by atoms with E-state index in [-0.39, 0.29) is 12.6 Å². The molecule has 2 aliphatic rings. The van der Waals surface area contributed by atoms with Crippen molar-refractivity contribution in [1.82, 2.24) is 39.5 Å². The number of fused-ring (bicyclic) bond motifs is 2. The highest BCUT2D eigenvalue weighted by atomic mass is 35.5. The Kier molecular flexibility index (Phi) is 4.51. The standard InChI is InChI=1S/C20H19ClN10O/c21-12-4-8-31-16(12)20(32)30(9-14-22-5-2-6-23-14)18(28-31)13-3-1-7-29(13)19-15-17(25-10-24-15)26-11-27-19/h2,4-6,8,10-11,13,20,32H,1,3,7,9H2,(H,24,25,26,27)/t13-,20?/m0/s1. The van der Waals surface area contributed by atoms with Gasteiger partial charge in [0.2, 0.25) is 0 Å². The maximum Gasteiger partial charge on any atom is 0.182 e. The van der Waals surface area contributed by atoms with Crippen molar-refractivity contribution in [2.75, 3.05) is 11.4 Å². The summed E-state index contributed by atoms with van der Waals surface area (Å²) in [6, 6.07) is 3.37. The minimum atomic E-state index is -0.992. The molecule has 0 spiro atoms. The van der Waals surface area contributed by atoms with Crippen molar-refractivity contribution >= 4 is 34.4 Å². The molecule has 0 saturated carbocycles. The molecule has 162 valence electrons. The first kappa shape index (κ1) is 19.1. The molecule has 2 atom stereocenters. The molecule has 0 aliphatic carbocycles. The summed E-state index contributed by atoms with van der Waals surface area (Å²) in [4.78, 5) is 28.8. The molecule has 2 N–H and O–H groups in total. The molecular weight excluding hydrogens is 432 g/mol. The second-order valence-electron chi connectivity index (χ2n) is 7.67. The number of imidazole rings is 1. The molecule has 6 heterocycles. The minimum absolute atomic E-state index is 0.121. The number of hydrogen-bond acceptors (Lipinski definition) is 9. The van der Waals surface area contributed by atoms with Gasteiger partial charge in [0.1, 0.15) is 23.4 Å². The van der Waals surface area contributed by atoms with Crippen LogP contribution in [0.4, 0.5) is 5.82 Å². The number of halogens is 1. The highest BCUT2D eigenvalue weighted by molar-refractivity contribution is 6.31. The van der Waals surface area contributed by atoms with Crippen LogP contribution in [0.2, 0.25) is 5.02 Å². The van der Waals surface area contributed by atoms with E-state index in [9.17, 15) is 5.11 Å². The lowest BCUT2D eigenvalue weighted by Gasteiger charge is -2.39. The molecule has 1 unspecified atom stereocenters. The van der Waals surface area contributed by atoms with E-state index in [1.54, 1.807) is 41.7 Å². The Balaban J connectivity index is 1.45. The van der Waals surface area contributed by atoms with Crippen molar-refractivity contribution < 1.29 is 5.11 Å². The number of aliphatic hydroxyl groups is 1. The van der Waals surface area contributed by atoms with Gasteiger partial charge in [-0.1, -0.05) is 11.6 Å². The van der Waals surface area contributed by atoms with Crippen LogP contribution in [0.3, 0.4) is 0 Å². The molecule has 12 heteroatoms. The van der Waals surface area contributed by atoms with Crippen molar-refractivity contribution in [2.24, 2.45) is 5.10 Å². The van der Waals surface area contributed by atoms with Gasteiger partial charge in [-0.15, -0.1) is 0 Å². The maximum atomic E-state index is 11.3. The third-order valence-corrected chi connectivity index (χ3v) is 6.17. The van der Waals surface area contributed by atoms with Gasteiger partial charge in [0, 0.05) is 25.1 Å². The lowest BCUT2D eigenvalue weighted by atomic mass is 10.1. The lowest BCUT2D eigenvalue weighted by molar-refractivity contribution is 0.0311. The first-order chi connectivity index (χ1) is 15.7. The number of rotatable bonds is 4. The molecule has 0 amide bonds. The van der Waals surface area contributed by atoms with Crippen molar-refractivity contribution in [2.45, 2.75) is 31.7 Å². The number of hydrogen-bond donors (Lipinski definition) is 2. The lowest BCUT2D eigenvalue weighted by Crippen LogP contribution is -2.50. The highest BCUT2D eigenvalue weighted by Crippen LogP contribution is 2.36. The number of amidine groups is 1. The van der Waals surface area contributed by atoms with E-state index < -0.39 is 6.23 Å². The summed E-state index contributed by atoms with van der Waals surface area (Å²) in [6.07, 6.45) is 9.07. The normalized spacial score (nSPS) is 20.6. The fourth-order valence-electron chi connectivity index (χ4n) is 4.43. The Morgan fingerprint density at radius 2 is 2.03 bits per heavy atom. The Morgan fingerprint density at radius 1 is 1.16 bits per heavy atom. The van der Waals surface area contributed by atoms with E-state index in [1.165, 1.54) is 6.33 Å². The highest BCUT2D eigenvalue weighted by Gasteiger charge is 2.40. The van der Waals surface area contributed by atoms with Crippen LogP contribution in [-0.4, -0.2) is 63.0 Å². The van der Waals surface area contributed by atoms with E-state index in [2.05, 4.69) is 34.8 Å². The number of aliphatic hydroxyl groups excluding tert-OH is 1. The smallest absolute Gasteiger partial charge is 0.182 e. The molecule has 4 aromatic heterocycles. The molecule has 0 radical (unpaired) electrons. The predicted octanol–water partition coefficient (Wildman–Crippen LogP) is 1.94. The van der Waals surface area contributed by atoms with Crippen LogP contribution in [0.25, 0.3) is 11.2 Å². The first-order valence-corrected chi connectivity index (χ1v) is 10.7. The first-order valence-electron chi connectivity index (χ1n) is 10.3. The summed E-state index contributed by atoms with van der Waals surface area (Å²) in [5.74, 6) is 2.05. The van der Waals surface area contributed by atoms with Gasteiger partial charge in [-0.3, -0.25) is 0 Å². The zero-order chi connectivity index (χ0) is 21.7. The predicted molar refractivity (Wildman–Crippen MR) is 117 cm³/mol. The van der Waals surface area contributed by atoms with Crippen LogP contribution in [0.5, 0.6) is 0 Å². The van der Waals surface area contributed by atoms with Crippen molar-refractivity contribution in [3.05, 3.63) is 59.9 Å². The quantitative estimate of drug-likeness (QED) is 0.483. The van der Waals surface area contributed by atoms with Crippen LogP contribution >= 0.6 is 11.6 Å². The van der Waals surface area contributed by atoms with Crippen LogP contribution in [0.1, 0.15) is 30.6 Å². The SMILES string of the molecule is OC1c2c(Cl)ccn2N=C([C@@H]2CCCN2c2ncnc3nc[nH]c23)N1Cc1ncccn1. The minimum Gasteiger partial charge on any atom is -0.368 e. The van der Waals surface area contributed by atoms with Gasteiger partial charge in [0.15, 0.2) is 23.5 Å². The number of anilines is 1. The molecular formula is C20H19ClN10O. The summed E-state index contributed by atoms with van der Waals surface area (Å²) < 4.78 is 1.65. The number of aromatic amines is 1. The van der Waals surface area contributed by atoms with Gasteiger partial charge in [-0.25, -0.2) is 29.6 Å². The Labute approximate surface area is 187 Å². The van der Waals surface area contributed by atoms with Gasteiger partial charge >= 0.3 is 0 Å². The van der Waals surface area contributed by atoms with Crippen LogP contribution in [-0.2, 0) is 6.54 Å². The monoisotopic (exact) mass is 450 g/mol. The summed E-state index contributed by atoms with van der Waals surface area (Å²) in [7, 11) is 0. The van der Waals surface area contributed by atoms with Gasteiger partial charge in [-0.2, -0.15) is 5.10 Å². The summed E-state index contributed by atoms with van der Waals surface area (Å²) >= 11 is 6.36. The fourth-order valence-corrected chi connectivity index (χ4v) is 4.67. The summed E-state index contributed by atoms with van der Waals surface area (Å²) in [5, 5.41) is 16.6. The van der Waals surface area contributed by atoms with Crippen LogP contribution in [0.15, 0.2) is 48.5 Å². The molecule has 0 bridgehead atoms. The van der Waals surface area contributed by atoms with E-state index >= 15 is 0 Å². The van der Waals surface area contributed by atoms with Gasteiger partial charge in [0.05, 0.1) is 23.9 Å². The van der Waals surface area contributed by atoms with Crippen LogP contribution < -0.4 is 4.90 Å².